The van der Waals surface area contributed by atoms with Crippen LogP contribution < -0.4 is 15.4 Å². The SMILES string of the molecule is CC(=O)Nc1cc(NC(=O)OC(C)(C)C)c(OCCN2CCCC2)cn1. The molecule has 144 valence electrons. The molecule has 0 aliphatic carbocycles. The summed E-state index contributed by atoms with van der Waals surface area (Å²) < 4.78 is 11.1. The summed E-state index contributed by atoms with van der Waals surface area (Å²) in [5.74, 6) is 0.517. The molecular weight excluding hydrogens is 336 g/mol. The summed E-state index contributed by atoms with van der Waals surface area (Å²) in [5, 5.41) is 5.26. The Balaban J connectivity index is 2.05. The second kappa shape index (κ2) is 8.84. The Kier molecular flexibility index (Phi) is 6.79. The maximum absolute atomic E-state index is 12.1. The number of aromatic nitrogens is 1. The predicted octanol–water partition coefficient (Wildman–Crippen LogP) is 2.86. The summed E-state index contributed by atoms with van der Waals surface area (Å²) in [5.41, 5.74) is -0.214. The minimum Gasteiger partial charge on any atom is -0.488 e. The van der Waals surface area contributed by atoms with Crippen molar-refractivity contribution in [1.82, 2.24) is 9.88 Å². The number of pyridine rings is 1. The minimum atomic E-state index is -0.617. The highest BCUT2D eigenvalue weighted by Gasteiger charge is 2.19. The van der Waals surface area contributed by atoms with Gasteiger partial charge in [-0.2, -0.15) is 0 Å². The second-order valence-electron chi connectivity index (χ2n) is 7.27. The zero-order chi connectivity index (χ0) is 19.2. The van der Waals surface area contributed by atoms with E-state index in [9.17, 15) is 9.59 Å². The molecule has 0 unspecified atom stereocenters. The van der Waals surface area contributed by atoms with Crippen molar-refractivity contribution in [3.05, 3.63) is 12.3 Å². The number of carbonyl (C=O) groups excluding carboxylic acids is 2. The number of anilines is 2. The summed E-state index contributed by atoms with van der Waals surface area (Å²) in [6, 6.07) is 1.55. The van der Waals surface area contributed by atoms with Crippen molar-refractivity contribution in [3.8, 4) is 5.75 Å². The second-order valence-corrected chi connectivity index (χ2v) is 7.27. The van der Waals surface area contributed by atoms with E-state index >= 15 is 0 Å². The van der Waals surface area contributed by atoms with Gasteiger partial charge in [0.2, 0.25) is 5.91 Å². The molecule has 0 radical (unpaired) electrons. The average Bonchev–Trinajstić information content (AvgIpc) is 3.00. The van der Waals surface area contributed by atoms with E-state index in [2.05, 4.69) is 20.5 Å². The molecule has 1 aromatic rings. The first kappa shape index (κ1) is 20.0. The van der Waals surface area contributed by atoms with Crippen molar-refractivity contribution >= 4 is 23.5 Å². The molecular formula is C18H28N4O4. The molecule has 26 heavy (non-hydrogen) atoms. The fourth-order valence-electron chi connectivity index (χ4n) is 2.61. The average molecular weight is 364 g/mol. The quantitative estimate of drug-likeness (QED) is 0.806. The molecule has 2 heterocycles. The molecule has 0 spiro atoms. The van der Waals surface area contributed by atoms with Gasteiger partial charge in [-0.15, -0.1) is 0 Å². The van der Waals surface area contributed by atoms with Crippen LogP contribution in [0.3, 0.4) is 0 Å². The Labute approximate surface area is 154 Å². The Bertz CT molecular complexity index is 637. The summed E-state index contributed by atoms with van der Waals surface area (Å²) in [4.78, 5) is 29.8. The highest BCUT2D eigenvalue weighted by molar-refractivity contribution is 5.91. The number of amides is 2. The molecule has 1 fully saturated rings. The van der Waals surface area contributed by atoms with Gasteiger partial charge < -0.3 is 14.8 Å². The first-order chi connectivity index (χ1) is 12.2. The number of carbonyl (C=O) groups is 2. The van der Waals surface area contributed by atoms with Crippen LogP contribution in [0.5, 0.6) is 5.75 Å². The normalized spacial score (nSPS) is 14.8. The maximum atomic E-state index is 12.1. The van der Waals surface area contributed by atoms with Crippen LogP contribution in [0.25, 0.3) is 0 Å². The molecule has 1 aliphatic rings. The standard InChI is InChI=1S/C18H28N4O4/c1-13(23)20-16-11-14(21-17(24)26-18(2,3)4)15(12-19-16)25-10-9-22-7-5-6-8-22/h11-12H,5-10H2,1-4H3,(H2,19,20,21,23,24). The number of likely N-dealkylation sites (tertiary alicyclic amines) is 1. The van der Waals surface area contributed by atoms with E-state index in [1.807, 2.05) is 0 Å². The lowest BCUT2D eigenvalue weighted by atomic mass is 10.2. The van der Waals surface area contributed by atoms with E-state index in [1.54, 1.807) is 26.8 Å². The molecule has 0 atom stereocenters. The Morgan fingerprint density at radius 3 is 2.54 bits per heavy atom. The molecule has 0 saturated carbocycles. The lowest BCUT2D eigenvalue weighted by Gasteiger charge is -2.21. The van der Waals surface area contributed by atoms with Crippen LogP contribution in [0.1, 0.15) is 40.5 Å². The van der Waals surface area contributed by atoms with Crippen LogP contribution in [0.2, 0.25) is 0 Å². The van der Waals surface area contributed by atoms with Crippen LogP contribution in [-0.4, -0.2) is 53.7 Å². The summed E-state index contributed by atoms with van der Waals surface area (Å²) in [6.07, 6.45) is 3.33. The lowest BCUT2D eigenvalue weighted by Crippen LogP contribution is -2.28. The number of hydrogen-bond donors (Lipinski definition) is 2. The predicted molar refractivity (Wildman–Crippen MR) is 99.6 cm³/mol. The molecule has 2 N–H and O–H groups in total. The molecule has 8 heteroatoms. The van der Waals surface area contributed by atoms with Crippen molar-refractivity contribution in [2.75, 3.05) is 36.9 Å². The van der Waals surface area contributed by atoms with Crippen molar-refractivity contribution < 1.29 is 19.1 Å². The smallest absolute Gasteiger partial charge is 0.412 e. The molecule has 2 amide bonds. The van der Waals surface area contributed by atoms with Gasteiger partial charge in [0.05, 0.1) is 11.9 Å². The van der Waals surface area contributed by atoms with Gasteiger partial charge in [-0.05, 0) is 46.7 Å². The lowest BCUT2D eigenvalue weighted by molar-refractivity contribution is -0.114. The van der Waals surface area contributed by atoms with Gasteiger partial charge in [0.1, 0.15) is 18.0 Å². The van der Waals surface area contributed by atoms with E-state index in [-0.39, 0.29) is 5.91 Å². The highest BCUT2D eigenvalue weighted by Crippen LogP contribution is 2.27. The molecule has 1 aromatic heterocycles. The van der Waals surface area contributed by atoms with E-state index in [0.29, 0.717) is 23.9 Å². The first-order valence-corrected chi connectivity index (χ1v) is 8.86. The third kappa shape index (κ3) is 6.87. The van der Waals surface area contributed by atoms with Crippen LogP contribution in [0.4, 0.5) is 16.3 Å². The number of hydrogen-bond acceptors (Lipinski definition) is 6. The summed E-state index contributed by atoms with van der Waals surface area (Å²) in [7, 11) is 0. The zero-order valence-electron chi connectivity index (χ0n) is 15.9. The van der Waals surface area contributed by atoms with Gasteiger partial charge >= 0.3 is 6.09 Å². The molecule has 8 nitrogen and oxygen atoms in total. The van der Waals surface area contributed by atoms with Gasteiger partial charge in [-0.3, -0.25) is 15.0 Å². The van der Waals surface area contributed by atoms with E-state index in [1.165, 1.54) is 26.0 Å². The summed E-state index contributed by atoms with van der Waals surface area (Å²) >= 11 is 0. The van der Waals surface area contributed by atoms with Gasteiger partial charge in [0.25, 0.3) is 0 Å². The fraction of sp³-hybridized carbons (Fsp3) is 0.611. The van der Waals surface area contributed by atoms with Crippen molar-refractivity contribution in [2.45, 2.75) is 46.1 Å². The van der Waals surface area contributed by atoms with Gasteiger partial charge in [0, 0.05) is 19.5 Å². The van der Waals surface area contributed by atoms with Crippen LogP contribution in [0, 0.1) is 0 Å². The van der Waals surface area contributed by atoms with E-state index in [0.717, 1.165) is 19.6 Å². The van der Waals surface area contributed by atoms with Crippen LogP contribution >= 0.6 is 0 Å². The summed E-state index contributed by atoms with van der Waals surface area (Å²) in [6.45, 7) is 10.2. The van der Waals surface area contributed by atoms with Crippen molar-refractivity contribution in [2.24, 2.45) is 0 Å². The number of nitrogens with one attached hydrogen (secondary N) is 2. The molecule has 0 aromatic carbocycles. The van der Waals surface area contributed by atoms with Crippen LogP contribution in [0.15, 0.2) is 12.3 Å². The van der Waals surface area contributed by atoms with Crippen molar-refractivity contribution in [1.29, 1.82) is 0 Å². The molecule has 2 rings (SSSR count). The largest absolute Gasteiger partial charge is 0.488 e. The Hall–Kier alpha value is -2.35. The van der Waals surface area contributed by atoms with E-state index < -0.39 is 11.7 Å². The third-order valence-electron chi connectivity index (χ3n) is 3.67. The fourth-order valence-corrected chi connectivity index (χ4v) is 2.61. The third-order valence-corrected chi connectivity index (χ3v) is 3.67. The maximum Gasteiger partial charge on any atom is 0.412 e. The van der Waals surface area contributed by atoms with Gasteiger partial charge in [-0.1, -0.05) is 0 Å². The molecule has 1 saturated heterocycles. The Morgan fingerprint density at radius 1 is 1.23 bits per heavy atom. The first-order valence-electron chi connectivity index (χ1n) is 8.86. The zero-order valence-corrected chi connectivity index (χ0v) is 15.9. The van der Waals surface area contributed by atoms with Crippen molar-refractivity contribution in [3.63, 3.8) is 0 Å². The molecule has 0 bridgehead atoms. The topological polar surface area (TPSA) is 92.8 Å². The number of nitrogens with zero attached hydrogens (tertiary/aromatic N) is 2. The van der Waals surface area contributed by atoms with Gasteiger partial charge in [0.15, 0.2) is 5.75 Å². The van der Waals surface area contributed by atoms with E-state index in [4.69, 9.17) is 9.47 Å². The number of rotatable bonds is 6. The minimum absolute atomic E-state index is 0.247. The monoisotopic (exact) mass is 364 g/mol. The Morgan fingerprint density at radius 2 is 1.92 bits per heavy atom. The number of ether oxygens (including phenoxy) is 2. The van der Waals surface area contributed by atoms with Crippen LogP contribution in [-0.2, 0) is 9.53 Å². The highest BCUT2D eigenvalue weighted by atomic mass is 16.6. The molecule has 1 aliphatic heterocycles. The van der Waals surface area contributed by atoms with Gasteiger partial charge in [-0.25, -0.2) is 9.78 Å².